The van der Waals surface area contributed by atoms with E-state index < -0.39 is 0 Å². The van der Waals surface area contributed by atoms with Crippen molar-refractivity contribution in [2.75, 3.05) is 5.75 Å². The highest BCUT2D eigenvalue weighted by Gasteiger charge is 2.07. The molecule has 0 atom stereocenters. The molecule has 0 radical (unpaired) electrons. The first-order valence-corrected chi connectivity index (χ1v) is 11.5. The third-order valence-corrected chi connectivity index (χ3v) is 6.98. The van der Waals surface area contributed by atoms with Crippen molar-refractivity contribution in [1.29, 1.82) is 0 Å². The van der Waals surface area contributed by atoms with Crippen LogP contribution in [0.15, 0.2) is 84.5 Å². The molecule has 146 valence electrons. The fourth-order valence-corrected chi connectivity index (χ4v) is 5.08. The second-order valence-corrected chi connectivity index (χ2v) is 9.51. The summed E-state index contributed by atoms with van der Waals surface area (Å²) in [7, 11) is 0. The van der Waals surface area contributed by atoms with Gasteiger partial charge >= 0.3 is 0 Å². The summed E-state index contributed by atoms with van der Waals surface area (Å²) in [5, 5.41) is 5.37. The largest absolute Gasteiger partial charge is 0.448 e. The number of thiazole rings is 1. The van der Waals surface area contributed by atoms with Crippen molar-refractivity contribution in [2.24, 2.45) is 5.10 Å². The van der Waals surface area contributed by atoms with Gasteiger partial charge in [0.15, 0.2) is 9.43 Å². The van der Waals surface area contributed by atoms with Gasteiger partial charge in [0, 0.05) is 9.92 Å². The first-order valence-electron chi connectivity index (χ1n) is 8.49. The van der Waals surface area contributed by atoms with Crippen molar-refractivity contribution < 1.29 is 9.21 Å². The lowest BCUT2D eigenvalue weighted by atomic mass is 10.3. The minimum absolute atomic E-state index is 0.201. The predicted molar refractivity (Wildman–Crippen MR) is 120 cm³/mol. The second-order valence-electron chi connectivity index (χ2n) is 5.74. The van der Waals surface area contributed by atoms with E-state index in [1.165, 1.54) is 29.7 Å². The maximum absolute atomic E-state index is 12.0. The molecule has 0 saturated heterocycles. The molecular formula is C20H14ClN3O2S3. The van der Waals surface area contributed by atoms with Crippen molar-refractivity contribution in [3.8, 4) is 0 Å². The maximum atomic E-state index is 12.0. The number of benzene rings is 2. The molecule has 0 fully saturated rings. The molecule has 2 aromatic heterocycles. The van der Waals surface area contributed by atoms with Crippen LogP contribution in [0.1, 0.15) is 5.76 Å². The predicted octanol–water partition coefficient (Wildman–Crippen LogP) is 5.94. The number of carbonyl (C=O) groups is 1. The Morgan fingerprint density at radius 2 is 2.00 bits per heavy atom. The normalized spacial score (nSPS) is 11.3. The standard InChI is InChI=1S/C20H14ClN3O2S3/c21-13-5-8-15(9-6-13)28-19-10-7-14(26-19)11-22-24-18(25)12-27-20-23-16-3-1-2-4-17(16)29-20/h1-11H,12H2,(H,24,25)/b22-11+. The Hall–Kier alpha value is -2.26. The Labute approximate surface area is 184 Å². The van der Waals surface area contributed by atoms with Gasteiger partial charge in [0.2, 0.25) is 0 Å². The van der Waals surface area contributed by atoms with Crippen LogP contribution in [-0.4, -0.2) is 22.9 Å². The third-order valence-electron chi connectivity index (χ3n) is 3.62. The Bertz CT molecular complexity index is 1120. The number of amides is 1. The minimum Gasteiger partial charge on any atom is -0.448 e. The van der Waals surface area contributed by atoms with E-state index in [1.807, 2.05) is 54.6 Å². The van der Waals surface area contributed by atoms with Crippen molar-refractivity contribution in [2.45, 2.75) is 14.3 Å². The van der Waals surface area contributed by atoms with Crippen LogP contribution in [0.25, 0.3) is 10.2 Å². The average molecular weight is 460 g/mol. The van der Waals surface area contributed by atoms with Gasteiger partial charge in [-0.05, 0) is 48.5 Å². The van der Waals surface area contributed by atoms with Crippen LogP contribution in [0, 0.1) is 0 Å². The van der Waals surface area contributed by atoms with E-state index in [1.54, 1.807) is 17.4 Å². The lowest BCUT2D eigenvalue weighted by Gasteiger charge is -1.98. The number of fused-ring (bicyclic) bond motifs is 1. The SMILES string of the molecule is O=C(CSc1nc2ccccc2s1)N/N=C/c1ccc(Sc2ccc(Cl)cc2)o1. The Balaban J connectivity index is 1.25. The Morgan fingerprint density at radius 1 is 1.17 bits per heavy atom. The van der Waals surface area contributed by atoms with Crippen LogP contribution in [0.3, 0.4) is 0 Å². The molecule has 1 amide bonds. The number of hydrazone groups is 1. The van der Waals surface area contributed by atoms with E-state index >= 15 is 0 Å². The number of nitrogens with zero attached hydrogens (tertiary/aromatic N) is 2. The molecule has 9 heteroatoms. The zero-order chi connectivity index (χ0) is 20.1. The molecule has 1 N–H and O–H groups in total. The molecule has 0 unspecified atom stereocenters. The van der Waals surface area contributed by atoms with Gasteiger partial charge in [0.05, 0.1) is 22.2 Å². The smallest absolute Gasteiger partial charge is 0.250 e. The first kappa shape index (κ1) is 20.0. The van der Waals surface area contributed by atoms with Crippen LogP contribution in [-0.2, 0) is 4.79 Å². The van der Waals surface area contributed by atoms with Gasteiger partial charge in [-0.15, -0.1) is 11.3 Å². The zero-order valence-corrected chi connectivity index (χ0v) is 18.1. The molecule has 0 saturated carbocycles. The number of thioether (sulfide) groups is 1. The number of para-hydroxylation sites is 1. The number of aromatic nitrogens is 1. The van der Waals surface area contributed by atoms with Crippen molar-refractivity contribution in [3.05, 3.63) is 71.4 Å². The quantitative estimate of drug-likeness (QED) is 0.210. The van der Waals surface area contributed by atoms with Crippen molar-refractivity contribution in [1.82, 2.24) is 10.4 Å². The number of rotatable bonds is 7. The summed E-state index contributed by atoms with van der Waals surface area (Å²) in [6.07, 6.45) is 1.48. The molecule has 0 spiro atoms. The van der Waals surface area contributed by atoms with Gasteiger partial charge in [-0.1, -0.05) is 47.3 Å². The molecule has 4 aromatic rings. The first-order chi connectivity index (χ1) is 14.2. The van der Waals surface area contributed by atoms with E-state index in [2.05, 4.69) is 15.5 Å². The van der Waals surface area contributed by atoms with Gasteiger partial charge in [0.25, 0.3) is 5.91 Å². The van der Waals surface area contributed by atoms with Crippen LogP contribution < -0.4 is 5.43 Å². The number of nitrogens with one attached hydrogen (secondary N) is 1. The van der Waals surface area contributed by atoms with E-state index in [9.17, 15) is 4.79 Å². The highest BCUT2D eigenvalue weighted by Crippen LogP contribution is 2.30. The number of hydrogen-bond donors (Lipinski definition) is 1. The molecule has 5 nitrogen and oxygen atoms in total. The summed E-state index contributed by atoms with van der Waals surface area (Å²) in [6, 6.07) is 19.1. The van der Waals surface area contributed by atoms with Gasteiger partial charge in [0.1, 0.15) is 5.76 Å². The van der Waals surface area contributed by atoms with E-state index in [0.717, 1.165) is 24.5 Å². The van der Waals surface area contributed by atoms with Crippen LogP contribution in [0.4, 0.5) is 0 Å². The molecule has 2 heterocycles. The molecule has 0 aliphatic rings. The lowest BCUT2D eigenvalue weighted by molar-refractivity contribution is -0.118. The van der Waals surface area contributed by atoms with Crippen LogP contribution >= 0.6 is 46.5 Å². The number of furan rings is 1. The molecule has 2 aromatic carbocycles. The Morgan fingerprint density at radius 3 is 2.83 bits per heavy atom. The second kappa shape index (κ2) is 9.49. The van der Waals surface area contributed by atoms with Crippen LogP contribution in [0.5, 0.6) is 0 Å². The molecule has 0 bridgehead atoms. The molecule has 0 aliphatic carbocycles. The molecule has 4 rings (SSSR count). The van der Waals surface area contributed by atoms with E-state index in [0.29, 0.717) is 10.8 Å². The monoisotopic (exact) mass is 459 g/mol. The van der Waals surface area contributed by atoms with Crippen molar-refractivity contribution in [3.63, 3.8) is 0 Å². The summed E-state index contributed by atoms with van der Waals surface area (Å²) in [5.74, 6) is 0.598. The summed E-state index contributed by atoms with van der Waals surface area (Å²) in [5.41, 5.74) is 3.45. The zero-order valence-electron chi connectivity index (χ0n) is 14.9. The van der Waals surface area contributed by atoms with Gasteiger partial charge in [-0.3, -0.25) is 4.79 Å². The Kier molecular flexibility index (Phi) is 6.56. The highest BCUT2D eigenvalue weighted by molar-refractivity contribution is 8.01. The van der Waals surface area contributed by atoms with Gasteiger partial charge < -0.3 is 4.42 Å². The highest BCUT2D eigenvalue weighted by atomic mass is 35.5. The summed E-state index contributed by atoms with van der Waals surface area (Å²) >= 11 is 10.3. The molecule has 29 heavy (non-hydrogen) atoms. The topological polar surface area (TPSA) is 67.5 Å². The summed E-state index contributed by atoms with van der Waals surface area (Å²) in [6.45, 7) is 0. The fourth-order valence-electron chi connectivity index (χ4n) is 2.32. The lowest BCUT2D eigenvalue weighted by Crippen LogP contribution is -2.19. The minimum atomic E-state index is -0.201. The summed E-state index contributed by atoms with van der Waals surface area (Å²) in [4.78, 5) is 17.5. The van der Waals surface area contributed by atoms with Gasteiger partial charge in [-0.2, -0.15) is 5.10 Å². The molecule has 0 aliphatic heterocycles. The van der Waals surface area contributed by atoms with E-state index in [4.69, 9.17) is 16.0 Å². The van der Waals surface area contributed by atoms with E-state index in [-0.39, 0.29) is 11.7 Å². The number of carbonyl (C=O) groups excluding carboxylic acids is 1. The summed E-state index contributed by atoms with van der Waals surface area (Å²) < 4.78 is 7.65. The average Bonchev–Trinajstić information content (AvgIpc) is 3.34. The third kappa shape index (κ3) is 5.63. The number of halogens is 1. The number of hydrogen-bond acceptors (Lipinski definition) is 7. The van der Waals surface area contributed by atoms with Crippen molar-refractivity contribution >= 4 is 68.8 Å². The fraction of sp³-hybridized carbons (Fsp3) is 0.0500. The maximum Gasteiger partial charge on any atom is 0.250 e. The van der Waals surface area contributed by atoms with Gasteiger partial charge in [-0.25, -0.2) is 10.4 Å². The molecular weight excluding hydrogens is 446 g/mol. The van der Waals surface area contributed by atoms with Crippen LogP contribution in [0.2, 0.25) is 5.02 Å².